The number of ether oxygens (including phenoxy) is 1. The van der Waals surface area contributed by atoms with E-state index < -0.39 is 5.82 Å². The molecule has 2 rings (SSSR count). The molecule has 0 aromatic heterocycles. The fourth-order valence-electron chi connectivity index (χ4n) is 1.63. The van der Waals surface area contributed by atoms with Gasteiger partial charge in [0.25, 0.3) is 5.91 Å². The van der Waals surface area contributed by atoms with Crippen LogP contribution in [-0.2, 0) is 4.79 Å². The average molecular weight is 274 g/mol. The summed E-state index contributed by atoms with van der Waals surface area (Å²) in [5.41, 5.74) is 1.37. The van der Waals surface area contributed by atoms with Gasteiger partial charge in [0.05, 0.1) is 0 Å². The lowest BCUT2D eigenvalue weighted by atomic mass is 10.3. The number of carbonyl (C=O) groups is 1. The van der Waals surface area contributed by atoms with Crippen molar-refractivity contribution in [3.05, 3.63) is 54.3 Å². The molecule has 0 saturated carbocycles. The first-order valence-electron chi connectivity index (χ1n) is 6.13. The summed E-state index contributed by atoms with van der Waals surface area (Å²) in [6.45, 7) is -0.130. The summed E-state index contributed by atoms with van der Waals surface area (Å²) in [5.74, 6) is -0.141. The monoisotopic (exact) mass is 274 g/mol. The Morgan fingerprint density at radius 3 is 2.55 bits per heavy atom. The van der Waals surface area contributed by atoms with Crippen LogP contribution in [0.15, 0.2) is 48.5 Å². The van der Waals surface area contributed by atoms with Gasteiger partial charge in [0, 0.05) is 18.4 Å². The normalized spacial score (nSPS) is 9.90. The third-order valence-electron chi connectivity index (χ3n) is 2.62. The summed E-state index contributed by atoms with van der Waals surface area (Å²) >= 11 is 0. The van der Waals surface area contributed by atoms with Crippen molar-refractivity contribution in [3.63, 3.8) is 0 Å². The van der Waals surface area contributed by atoms with Crippen LogP contribution in [0.4, 0.5) is 15.8 Å². The largest absolute Gasteiger partial charge is 0.484 e. The van der Waals surface area contributed by atoms with Crippen LogP contribution < -0.4 is 15.4 Å². The first-order valence-corrected chi connectivity index (χ1v) is 6.13. The van der Waals surface area contributed by atoms with E-state index in [1.54, 1.807) is 18.2 Å². The summed E-state index contributed by atoms with van der Waals surface area (Å²) in [6.07, 6.45) is 0. The number of amides is 1. The van der Waals surface area contributed by atoms with E-state index in [1.807, 2.05) is 19.2 Å². The van der Waals surface area contributed by atoms with Gasteiger partial charge >= 0.3 is 0 Å². The molecular formula is C15H15FN2O2. The van der Waals surface area contributed by atoms with Crippen molar-refractivity contribution in [2.24, 2.45) is 0 Å². The number of carbonyl (C=O) groups excluding carboxylic acids is 1. The summed E-state index contributed by atoms with van der Waals surface area (Å²) in [4.78, 5) is 11.6. The third-order valence-corrected chi connectivity index (χ3v) is 2.62. The molecule has 0 saturated heterocycles. The van der Waals surface area contributed by atoms with Gasteiger partial charge in [0.2, 0.25) is 0 Å². The number of hydrogen-bond acceptors (Lipinski definition) is 3. The van der Waals surface area contributed by atoms with E-state index in [9.17, 15) is 9.18 Å². The first kappa shape index (κ1) is 13.9. The van der Waals surface area contributed by atoms with Crippen molar-refractivity contribution in [1.82, 2.24) is 0 Å². The van der Waals surface area contributed by atoms with Crippen LogP contribution in [0.1, 0.15) is 0 Å². The van der Waals surface area contributed by atoms with E-state index in [4.69, 9.17) is 4.74 Å². The molecule has 0 spiro atoms. The van der Waals surface area contributed by atoms with E-state index >= 15 is 0 Å². The second-order valence-electron chi connectivity index (χ2n) is 4.12. The zero-order valence-corrected chi connectivity index (χ0v) is 11.0. The summed E-state index contributed by atoms with van der Waals surface area (Å²) in [7, 11) is 1.82. The predicted molar refractivity (Wildman–Crippen MR) is 76.5 cm³/mol. The number of rotatable bonds is 5. The topological polar surface area (TPSA) is 50.4 Å². The van der Waals surface area contributed by atoms with Crippen LogP contribution in [0.3, 0.4) is 0 Å². The standard InChI is InChI=1S/C15H15FN2O2/c1-17-12-5-7-14(8-6-12)20-10-15(19)18-13-4-2-3-11(16)9-13/h2-9,17H,10H2,1H3,(H,18,19). The van der Waals surface area contributed by atoms with Gasteiger partial charge < -0.3 is 15.4 Å². The van der Waals surface area contributed by atoms with Gasteiger partial charge in [0.15, 0.2) is 6.61 Å². The smallest absolute Gasteiger partial charge is 0.262 e. The maximum absolute atomic E-state index is 13.0. The predicted octanol–water partition coefficient (Wildman–Crippen LogP) is 2.88. The van der Waals surface area contributed by atoms with Gasteiger partial charge in [-0.25, -0.2) is 4.39 Å². The minimum atomic E-state index is -0.397. The molecule has 0 aliphatic heterocycles. The molecule has 5 heteroatoms. The second kappa shape index (κ2) is 6.56. The fourth-order valence-corrected chi connectivity index (χ4v) is 1.63. The van der Waals surface area contributed by atoms with E-state index in [0.29, 0.717) is 11.4 Å². The van der Waals surface area contributed by atoms with Crippen LogP contribution in [0.25, 0.3) is 0 Å². The molecular weight excluding hydrogens is 259 g/mol. The van der Waals surface area contributed by atoms with Crippen molar-refractivity contribution in [3.8, 4) is 5.75 Å². The highest BCUT2D eigenvalue weighted by atomic mass is 19.1. The quantitative estimate of drug-likeness (QED) is 0.881. The molecule has 0 aliphatic carbocycles. The maximum Gasteiger partial charge on any atom is 0.262 e. The third kappa shape index (κ3) is 3.98. The van der Waals surface area contributed by atoms with Gasteiger partial charge in [0.1, 0.15) is 11.6 Å². The Kier molecular flexibility index (Phi) is 4.55. The van der Waals surface area contributed by atoms with Gasteiger partial charge in [-0.2, -0.15) is 0 Å². The van der Waals surface area contributed by atoms with Crippen LogP contribution in [0.2, 0.25) is 0 Å². The van der Waals surface area contributed by atoms with Crippen molar-refractivity contribution in [2.45, 2.75) is 0 Å². The highest BCUT2D eigenvalue weighted by molar-refractivity contribution is 5.91. The second-order valence-corrected chi connectivity index (χ2v) is 4.12. The van der Waals surface area contributed by atoms with Crippen LogP contribution in [0, 0.1) is 5.82 Å². The van der Waals surface area contributed by atoms with Crippen LogP contribution in [0.5, 0.6) is 5.75 Å². The molecule has 0 fully saturated rings. The molecule has 0 bridgehead atoms. The van der Waals surface area contributed by atoms with Crippen molar-refractivity contribution in [2.75, 3.05) is 24.3 Å². The van der Waals surface area contributed by atoms with E-state index in [1.165, 1.54) is 18.2 Å². The first-order chi connectivity index (χ1) is 9.67. The Hall–Kier alpha value is -2.56. The summed E-state index contributed by atoms with van der Waals surface area (Å²) in [5, 5.41) is 5.55. The number of halogens is 1. The highest BCUT2D eigenvalue weighted by Crippen LogP contribution is 2.15. The maximum atomic E-state index is 13.0. The highest BCUT2D eigenvalue weighted by Gasteiger charge is 2.04. The van der Waals surface area contributed by atoms with Crippen molar-refractivity contribution >= 4 is 17.3 Å². The van der Waals surface area contributed by atoms with Gasteiger partial charge in [-0.1, -0.05) is 6.07 Å². The van der Waals surface area contributed by atoms with Crippen LogP contribution in [-0.4, -0.2) is 19.6 Å². The molecule has 104 valence electrons. The van der Waals surface area contributed by atoms with Crippen molar-refractivity contribution in [1.29, 1.82) is 0 Å². The molecule has 2 aromatic carbocycles. The van der Waals surface area contributed by atoms with E-state index in [2.05, 4.69) is 10.6 Å². The van der Waals surface area contributed by atoms with Gasteiger partial charge in [-0.05, 0) is 42.5 Å². The minimum absolute atomic E-state index is 0.130. The lowest BCUT2D eigenvalue weighted by molar-refractivity contribution is -0.118. The molecule has 0 aliphatic rings. The van der Waals surface area contributed by atoms with Crippen LogP contribution >= 0.6 is 0 Å². The molecule has 2 N–H and O–H groups in total. The fraction of sp³-hybridized carbons (Fsp3) is 0.133. The zero-order chi connectivity index (χ0) is 14.4. The lowest BCUT2D eigenvalue weighted by Crippen LogP contribution is -2.20. The molecule has 20 heavy (non-hydrogen) atoms. The van der Waals surface area contributed by atoms with E-state index in [-0.39, 0.29) is 12.5 Å². The Morgan fingerprint density at radius 2 is 1.90 bits per heavy atom. The molecule has 0 atom stereocenters. The molecule has 4 nitrogen and oxygen atoms in total. The Balaban J connectivity index is 1.85. The Bertz CT molecular complexity index is 585. The number of hydrogen-bond donors (Lipinski definition) is 2. The number of benzene rings is 2. The van der Waals surface area contributed by atoms with E-state index in [0.717, 1.165) is 5.69 Å². The van der Waals surface area contributed by atoms with Crippen molar-refractivity contribution < 1.29 is 13.9 Å². The number of anilines is 2. The average Bonchev–Trinajstić information content (AvgIpc) is 2.46. The Morgan fingerprint density at radius 1 is 1.15 bits per heavy atom. The molecule has 1 amide bonds. The van der Waals surface area contributed by atoms with Gasteiger partial charge in [-0.15, -0.1) is 0 Å². The molecule has 0 unspecified atom stereocenters. The zero-order valence-electron chi connectivity index (χ0n) is 11.0. The SMILES string of the molecule is CNc1ccc(OCC(=O)Nc2cccc(F)c2)cc1. The molecule has 2 aromatic rings. The Labute approximate surface area is 116 Å². The summed E-state index contributed by atoms with van der Waals surface area (Å²) in [6, 6.07) is 12.9. The van der Waals surface area contributed by atoms with Gasteiger partial charge in [-0.3, -0.25) is 4.79 Å². The minimum Gasteiger partial charge on any atom is -0.484 e. The number of nitrogens with one attached hydrogen (secondary N) is 2. The molecule has 0 heterocycles. The lowest BCUT2D eigenvalue weighted by Gasteiger charge is -2.08. The molecule has 0 radical (unpaired) electrons. The summed E-state index contributed by atoms with van der Waals surface area (Å²) < 4.78 is 18.3.